The maximum atomic E-state index is 5.54. The number of hydrogen-bond donors (Lipinski definition) is 2. The number of rotatable bonds is 10. The fourth-order valence-corrected chi connectivity index (χ4v) is 2.66. The molecular weight excluding hydrogens is 296 g/mol. The minimum atomic E-state index is 0.571. The Hall–Kier alpha value is -1.14. The van der Waals surface area contributed by atoms with E-state index in [0.29, 0.717) is 19.1 Å². The number of nitrogens with zero attached hydrogens (tertiary/aromatic N) is 2. The lowest BCUT2D eigenvalue weighted by atomic mass is 10.2. The van der Waals surface area contributed by atoms with Crippen LogP contribution in [0.25, 0.3) is 0 Å². The summed E-state index contributed by atoms with van der Waals surface area (Å²) in [7, 11) is 0. The van der Waals surface area contributed by atoms with Crippen LogP contribution in [0.4, 0.5) is 0 Å². The molecule has 0 aliphatic rings. The topological polar surface area (TPSA) is 58.5 Å². The lowest BCUT2D eigenvalue weighted by molar-refractivity contribution is 0.117. The van der Waals surface area contributed by atoms with Gasteiger partial charge in [0.2, 0.25) is 0 Å². The van der Waals surface area contributed by atoms with E-state index >= 15 is 0 Å². The summed E-state index contributed by atoms with van der Waals surface area (Å²) in [5, 5.41) is 7.78. The first kappa shape index (κ1) is 18.9. The average Bonchev–Trinajstić information content (AvgIpc) is 2.94. The average molecular weight is 327 g/mol. The molecule has 1 heterocycles. The van der Waals surface area contributed by atoms with Gasteiger partial charge in [-0.3, -0.25) is 4.99 Å². The van der Waals surface area contributed by atoms with Crippen molar-refractivity contribution in [2.75, 3.05) is 32.8 Å². The van der Waals surface area contributed by atoms with Crippen molar-refractivity contribution in [3.63, 3.8) is 0 Å². The second-order valence-electron chi connectivity index (χ2n) is 5.48. The number of guanidine groups is 1. The molecule has 1 rings (SSSR count). The number of thiazole rings is 1. The first-order valence-corrected chi connectivity index (χ1v) is 9.00. The predicted molar refractivity (Wildman–Crippen MR) is 94.8 cm³/mol. The van der Waals surface area contributed by atoms with Gasteiger partial charge in [0.25, 0.3) is 0 Å². The van der Waals surface area contributed by atoms with Crippen LogP contribution >= 0.6 is 11.3 Å². The quantitative estimate of drug-likeness (QED) is 0.394. The molecule has 0 amide bonds. The van der Waals surface area contributed by atoms with Crippen LogP contribution in [0.5, 0.6) is 0 Å². The van der Waals surface area contributed by atoms with E-state index in [9.17, 15) is 0 Å². The molecule has 126 valence electrons. The Morgan fingerprint density at radius 1 is 1.36 bits per heavy atom. The fraction of sp³-hybridized carbons (Fsp3) is 0.750. The summed E-state index contributed by atoms with van der Waals surface area (Å²) in [4.78, 5) is 10.3. The summed E-state index contributed by atoms with van der Waals surface area (Å²) < 4.78 is 5.54. The molecule has 0 spiro atoms. The number of aromatic nitrogens is 1. The summed E-state index contributed by atoms with van der Waals surface area (Å²) in [6.07, 6.45) is 3.97. The zero-order valence-corrected chi connectivity index (χ0v) is 15.1. The molecule has 1 aromatic rings. The third kappa shape index (κ3) is 8.34. The van der Waals surface area contributed by atoms with Crippen LogP contribution in [0, 0.1) is 5.92 Å². The zero-order valence-electron chi connectivity index (χ0n) is 14.3. The smallest absolute Gasteiger partial charge is 0.191 e. The van der Waals surface area contributed by atoms with Crippen molar-refractivity contribution in [2.45, 2.75) is 40.5 Å². The monoisotopic (exact) mass is 326 g/mol. The van der Waals surface area contributed by atoms with Crippen molar-refractivity contribution < 1.29 is 4.74 Å². The molecule has 0 atom stereocenters. The van der Waals surface area contributed by atoms with E-state index in [4.69, 9.17) is 4.74 Å². The Bertz CT molecular complexity index is 432. The van der Waals surface area contributed by atoms with Gasteiger partial charge in [-0.15, -0.1) is 11.3 Å². The fourth-order valence-electron chi connectivity index (χ4n) is 1.80. The summed E-state index contributed by atoms with van der Waals surface area (Å²) in [5.74, 6) is 1.42. The van der Waals surface area contributed by atoms with Crippen molar-refractivity contribution in [1.82, 2.24) is 15.6 Å². The van der Waals surface area contributed by atoms with Gasteiger partial charge in [0.05, 0.1) is 18.2 Å². The maximum absolute atomic E-state index is 5.54. The lowest BCUT2D eigenvalue weighted by Gasteiger charge is -2.11. The number of nitrogens with one attached hydrogen (secondary N) is 2. The predicted octanol–water partition coefficient (Wildman–Crippen LogP) is 2.48. The molecule has 5 nitrogen and oxygen atoms in total. The first-order valence-electron chi connectivity index (χ1n) is 8.19. The number of ether oxygens (including phenoxy) is 1. The first-order chi connectivity index (χ1) is 10.7. The second-order valence-corrected chi connectivity index (χ2v) is 6.68. The van der Waals surface area contributed by atoms with Crippen molar-refractivity contribution in [2.24, 2.45) is 10.9 Å². The molecule has 0 fully saturated rings. The van der Waals surface area contributed by atoms with E-state index in [-0.39, 0.29) is 0 Å². The Balaban J connectivity index is 2.27. The van der Waals surface area contributed by atoms with Gasteiger partial charge in [-0.2, -0.15) is 0 Å². The van der Waals surface area contributed by atoms with Gasteiger partial charge in [0.1, 0.15) is 0 Å². The summed E-state index contributed by atoms with van der Waals surface area (Å²) in [5.41, 5.74) is 0. The molecular formula is C16H30N4OS. The van der Waals surface area contributed by atoms with Gasteiger partial charge in [-0.1, -0.05) is 20.8 Å². The third-order valence-electron chi connectivity index (χ3n) is 2.88. The molecule has 0 saturated carbocycles. The van der Waals surface area contributed by atoms with Gasteiger partial charge in [-0.25, -0.2) is 4.98 Å². The summed E-state index contributed by atoms with van der Waals surface area (Å²) in [6, 6.07) is 0. The van der Waals surface area contributed by atoms with Crippen molar-refractivity contribution in [3.8, 4) is 0 Å². The summed E-state index contributed by atoms with van der Waals surface area (Å²) in [6.45, 7) is 12.4. The van der Waals surface area contributed by atoms with Crippen molar-refractivity contribution in [3.05, 3.63) is 16.1 Å². The molecule has 0 aliphatic heterocycles. The third-order valence-corrected chi connectivity index (χ3v) is 4.08. The van der Waals surface area contributed by atoms with Gasteiger partial charge in [0.15, 0.2) is 5.96 Å². The number of aliphatic imine (C=N–C) groups is 1. The Morgan fingerprint density at radius 2 is 2.18 bits per heavy atom. The van der Waals surface area contributed by atoms with E-state index in [2.05, 4.69) is 48.3 Å². The van der Waals surface area contributed by atoms with E-state index in [1.54, 1.807) is 11.3 Å². The van der Waals surface area contributed by atoms with E-state index in [0.717, 1.165) is 38.5 Å². The van der Waals surface area contributed by atoms with Crippen LogP contribution in [0.2, 0.25) is 0 Å². The zero-order chi connectivity index (χ0) is 16.2. The van der Waals surface area contributed by atoms with Gasteiger partial charge < -0.3 is 15.4 Å². The molecule has 0 radical (unpaired) electrons. The highest BCUT2D eigenvalue weighted by Gasteiger charge is 2.02. The second kappa shape index (κ2) is 11.4. The standard InChI is InChI=1S/C16H30N4OS/c1-5-14-11-20-15(22-14)7-8-18-16(17-6-2)19-9-10-21-12-13(3)4/h11,13H,5-10,12H2,1-4H3,(H2,17,18,19). The number of hydrogen-bond acceptors (Lipinski definition) is 4. The molecule has 1 aromatic heterocycles. The molecule has 22 heavy (non-hydrogen) atoms. The van der Waals surface area contributed by atoms with Crippen molar-refractivity contribution in [1.29, 1.82) is 0 Å². The molecule has 0 saturated heterocycles. The van der Waals surface area contributed by atoms with Crippen LogP contribution in [-0.4, -0.2) is 43.8 Å². The molecule has 0 unspecified atom stereocenters. The minimum absolute atomic E-state index is 0.571. The normalized spacial score (nSPS) is 12.0. The minimum Gasteiger partial charge on any atom is -0.379 e. The largest absolute Gasteiger partial charge is 0.379 e. The van der Waals surface area contributed by atoms with Crippen LogP contribution in [0.1, 0.15) is 37.6 Å². The van der Waals surface area contributed by atoms with Gasteiger partial charge in [-0.05, 0) is 19.3 Å². The Labute approximate surface area is 138 Å². The van der Waals surface area contributed by atoms with Gasteiger partial charge >= 0.3 is 0 Å². The molecule has 0 aliphatic carbocycles. The van der Waals surface area contributed by atoms with E-state index in [1.807, 2.05) is 6.20 Å². The molecule has 2 N–H and O–H groups in total. The Morgan fingerprint density at radius 3 is 2.82 bits per heavy atom. The Kier molecular flexibility index (Phi) is 9.82. The van der Waals surface area contributed by atoms with Crippen molar-refractivity contribution >= 4 is 17.3 Å². The van der Waals surface area contributed by atoms with Crippen LogP contribution in [-0.2, 0) is 17.6 Å². The van der Waals surface area contributed by atoms with E-state index in [1.165, 1.54) is 9.88 Å². The highest BCUT2D eigenvalue weighted by molar-refractivity contribution is 7.11. The molecule has 0 aromatic carbocycles. The molecule has 6 heteroatoms. The van der Waals surface area contributed by atoms with Gasteiger partial charge in [0, 0.05) is 37.2 Å². The van der Waals surface area contributed by atoms with Crippen LogP contribution in [0.15, 0.2) is 11.2 Å². The number of aryl methyl sites for hydroxylation is 1. The molecule has 0 bridgehead atoms. The highest BCUT2D eigenvalue weighted by atomic mass is 32.1. The lowest BCUT2D eigenvalue weighted by Crippen LogP contribution is -2.38. The summed E-state index contributed by atoms with van der Waals surface area (Å²) >= 11 is 1.79. The SMILES string of the molecule is CCNC(=NCCOCC(C)C)NCCc1ncc(CC)s1. The van der Waals surface area contributed by atoms with Crippen LogP contribution in [0.3, 0.4) is 0 Å². The maximum Gasteiger partial charge on any atom is 0.191 e. The van der Waals surface area contributed by atoms with Crippen LogP contribution < -0.4 is 10.6 Å². The highest BCUT2D eigenvalue weighted by Crippen LogP contribution is 2.13. The van der Waals surface area contributed by atoms with E-state index < -0.39 is 0 Å².